The van der Waals surface area contributed by atoms with E-state index in [0.717, 1.165) is 18.5 Å². The van der Waals surface area contributed by atoms with Gasteiger partial charge in [0.15, 0.2) is 0 Å². The van der Waals surface area contributed by atoms with Crippen LogP contribution in [0.15, 0.2) is 30.3 Å². The lowest BCUT2D eigenvalue weighted by atomic mass is 9.98. The van der Waals surface area contributed by atoms with Crippen LogP contribution in [-0.4, -0.2) is 61.5 Å². The van der Waals surface area contributed by atoms with E-state index in [-0.39, 0.29) is 23.6 Å². The average molecular weight is 489 g/mol. The first kappa shape index (κ1) is 24.8. The molecule has 2 heterocycles. The van der Waals surface area contributed by atoms with Gasteiger partial charge in [0.05, 0.1) is 24.3 Å². The smallest absolute Gasteiger partial charge is 0.406 e. The Morgan fingerprint density at radius 1 is 1.26 bits per heavy atom. The molecule has 0 bridgehead atoms. The third-order valence-corrected chi connectivity index (χ3v) is 6.26. The van der Waals surface area contributed by atoms with Gasteiger partial charge in [-0.25, -0.2) is 4.98 Å². The minimum Gasteiger partial charge on any atom is -0.406 e. The quantitative estimate of drug-likeness (QED) is 0.572. The van der Waals surface area contributed by atoms with Gasteiger partial charge < -0.3 is 19.3 Å². The van der Waals surface area contributed by atoms with E-state index in [2.05, 4.69) is 10.8 Å². The standard InChI is InChI=1S/C25H27F3N4O3/c1-16-15-31(9-10-32(16)22(33)8-11-34-2)24-19(14-29)13-21(23(30-24)17-6-7-17)18-4-3-5-20(12-18)35-25(26,27)28/h3-5,12-13,16-17H,6-11,15H2,1-2H3/t16-/m1/s1. The summed E-state index contributed by atoms with van der Waals surface area (Å²) in [5.41, 5.74) is 2.28. The number of rotatable bonds is 7. The van der Waals surface area contributed by atoms with E-state index in [9.17, 15) is 23.2 Å². The maximum atomic E-state index is 12.7. The summed E-state index contributed by atoms with van der Waals surface area (Å²) in [4.78, 5) is 21.2. The molecule has 35 heavy (non-hydrogen) atoms. The first-order valence-electron chi connectivity index (χ1n) is 11.5. The zero-order valence-corrected chi connectivity index (χ0v) is 19.6. The van der Waals surface area contributed by atoms with Crippen molar-refractivity contribution in [1.29, 1.82) is 5.26 Å². The fourth-order valence-corrected chi connectivity index (χ4v) is 4.45. The number of nitriles is 1. The van der Waals surface area contributed by atoms with Crippen LogP contribution in [0.1, 0.15) is 43.4 Å². The molecule has 1 aliphatic heterocycles. The Hall–Kier alpha value is -3.32. The van der Waals surface area contributed by atoms with Crippen LogP contribution in [0.3, 0.4) is 0 Å². The number of piperazine rings is 1. The number of alkyl halides is 3. The van der Waals surface area contributed by atoms with E-state index >= 15 is 0 Å². The second-order valence-electron chi connectivity index (χ2n) is 8.88. The largest absolute Gasteiger partial charge is 0.573 e. The number of halogens is 3. The zero-order chi connectivity index (χ0) is 25.2. The molecule has 7 nitrogen and oxygen atoms in total. The Labute approximate surface area is 202 Å². The van der Waals surface area contributed by atoms with E-state index in [0.29, 0.717) is 55.2 Å². The van der Waals surface area contributed by atoms with Crippen LogP contribution in [0.25, 0.3) is 11.1 Å². The van der Waals surface area contributed by atoms with E-state index in [1.807, 2.05) is 16.7 Å². The number of nitrogens with zero attached hydrogens (tertiary/aromatic N) is 4. The van der Waals surface area contributed by atoms with Gasteiger partial charge in [0.1, 0.15) is 17.6 Å². The molecule has 1 aromatic carbocycles. The minimum absolute atomic E-state index is 0.0300. The van der Waals surface area contributed by atoms with Gasteiger partial charge in [-0.1, -0.05) is 12.1 Å². The molecule has 1 saturated carbocycles. The highest BCUT2D eigenvalue weighted by molar-refractivity contribution is 5.77. The number of ether oxygens (including phenoxy) is 2. The van der Waals surface area contributed by atoms with Crippen molar-refractivity contribution in [2.45, 2.75) is 44.5 Å². The summed E-state index contributed by atoms with van der Waals surface area (Å²) >= 11 is 0. The van der Waals surface area contributed by atoms with Crippen LogP contribution in [0.4, 0.5) is 19.0 Å². The van der Waals surface area contributed by atoms with Crippen molar-refractivity contribution >= 4 is 11.7 Å². The number of benzene rings is 1. The molecule has 1 aromatic heterocycles. The Morgan fingerprint density at radius 3 is 2.66 bits per heavy atom. The van der Waals surface area contributed by atoms with Gasteiger partial charge in [0.2, 0.25) is 5.91 Å². The molecule has 0 unspecified atom stereocenters. The van der Waals surface area contributed by atoms with Crippen LogP contribution in [0.5, 0.6) is 5.75 Å². The normalized spacial score (nSPS) is 18.3. The van der Waals surface area contributed by atoms with Gasteiger partial charge in [-0.15, -0.1) is 13.2 Å². The lowest BCUT2D eigenvalue weighted by molar-refractivity contribution is -0.274. The Morgan fingerprint density at radius 2 is 2.03 bits per heavy atom. The summed E-state index contributed by atoms with van der Waals surface area (Å²) in [6.45, 7) is 3.90. The molecule has 4 rings (SSSR count). The SMILES string of the molecule is COCCC(=O)N1CCN(c2nc(C3CC3)c(-c3cccc(OC(F)(F)F)c3)cc2C#N)C[C@H]1C. The molecule has 2 aliphatic rings. The number of hydrogen-bond donors (Lipinski definition) is 0. The first-order valence-corrected chi connectivity index (χ1v) is 11.5. The van der Waals surface area contributed by atoms with Gasteiger partial charge in [0, 0.05) is 44.3 Å². The highest BCUT2D eigenvalue weighted by Gasteiger charge is 2.34. The van der Waals surface area contributed by atoms with Crippen LogP contribution in [0, 0.1) is 11.3 Å². The molecule has 10 heteroatoms. The number of anilines is 1. The van der Waals surface area contributed by atoms with Crippen LogP contribution in [0.2, 0.25) is 0 Å². The summed E-state index contributed by atoms with van der Waals surface area (Å²) in [5.74, 6) is 0.458. The number of methoxy groups -OCH3 is 1. The van der Waals surface area contributed by atoms with Crippen LogP contribution >= 0.6 is 0 Å². The molecule has 1 atom stereocenters. The van der Waals surface area contributed by atoms with Gasteiger partial charge in [-0.3, -0.25) is 4.79 Å². The van der Waals surface area contributed by atoms with E-state index < -0.39 is 6.36 Å². The molecule has 186 valence electrons. The Balaban J connectivity index is 1.63. The summed E-state index contributed by atoms with van der Waals surface area (Å²) in [6, 6.07) is 9.61. The van der Waals surface area contributed by atoms with Crippen molar-refractivity contribution in [3.63, 3.8) is 0 Å². The van der Waals surface area contributed by atoms with Gasteiger partial charge in [0.25, 0.3) is 0 Å². The van der Waals surface area contributed by atoms with Crippen LogP contribution < -0.4 is 9.64 Å². The minimum atomic E-state index is -4.79. The number of amides is 1. The van der Waals surface area contributed by atoms with E-state index in [1.54, 1.807) is 19.2 Å². The van der Waals surface area contributed by atoms with Gasteiger partial charge >= 0.3 is 6.36 Å². The number of hydrogen-bond acceptors (Lipinski definition) is 6. The second-order valence-corrected chi connectivity index (χ2v) is 8.88. The molecule has 1 saturated heterocycles. The molecule has 1 aliphatic carbocycles. The number of carbonyl (C=O) groups excluding carboxylic acids is 1. The second kappa shape index (κ2) is 10.1. The fraction of sp³-hybridized carbons (Fsp3) is 0.480. The predicted molar refractivity (Wildman–Crippen MR) is 123 cm³/mol. The molecule has 2 aromatic rings. The van der Waals surface area contributed by atoms with Crippen molar-refractivity contribution in [2.24, 2.45) is 0 Å². The first-order chi connectivity index (χ1) is 16.7. The van der Waals surface area contributed by atoms with Crippen molar-refractivity contribution in [3.05, 3.63) is 41.6 Å². The lowest BCUT2D eigenvalue weighted by Crippen LogP contribution is -2.54. The lowest BCUT2D eigenvalue weighted by Gasteiger charge is -2.41. The predicted octanol–water partition coefficient (Wildman–Crippen LogP) is 4.47. The molecule has 0 N–H and O–H groups in total. The fourth-order valence-electron chi connectivity index (χ4n) is 4.45. The third kappa shape index (κ3) is 5.85. The zero-order valence-electron chi connectivity index (χ0n) is 19.6. The average Bonchev–Trinajstić information content (AvgIpc) is 3.66. The van der Waals surface area contributed by atoms with Crippen LogP contribution in [-0.2, 0) is 9.53 Å². The van der Waals surface area contributed by atoms with Crippen molar-refractivity contribution < 1.29 is 27.4 Å². The topological polar surface area (TPSA) is 78.7 Å². The number of pyridine rings is 1. The maximum absolute atomic E-state index is 12.7. The summed E-state index contributed by atoms with van der Waals surface area (Å²) in [7, 11) is 1.56. The highest BCUT2D eigenvalue weighted by atomic mass is 19.4. The number of carbonyl (C=O) groups is 1. The Bertz CT molecular complexity index is 1130. The summed E-state index contributed by atoms with van der Waals surface area (Å²) < 4.78 is 47.3. The van der Waals surface area contributed by atoms with Crippen molar-refractivity contribution in [3.8, 4) is 22.9 Å². The molecule has 2 fully saturated rings. The maximum Gasteiger partial charge on any atom is 0.573 e. The summed E-state index contributed by atoms with van der Waals surface area (Å²) in [6.07, 6.45) is -2.60. The molecule has 1 amide bonds. The van der Waals surface area contributed by atoms with Gasteiger partial charge in [-0.05, 0) is 43.5 Å². The van der Waals surface area contributed by atoms with E-state index in [1.165, 1.54) is 18.2 Å². The van der Waals surface area contributed by atoms with Crippen molar-refractivity contribution in [2.75, 3.05) is 38.3 Å². The van der Waals surface area contributed by atoms with Crippen molar-refractivity contribution in [1.82, 2.24) is 9.88 Å². The molecular weight excluding hydrogens is 461 g/mol. The van der Waals surface area contributed by atoms with E-state index in [4.69, 9.17) is 9.72 Å². The summed E-state index contributed by atoms with van der Waals surface area (Å²) in [5, 5.41) is 9.91. The number of aromatic nitrogens is 1. The third-order valence-electron chi connectivity index (χ3n) is 6.26. The molecule has 0 radical (unpaired) electrons. The highest BCUT2D eigenvalue weighted by Crippen LogP contribution is 2.45. The van der Waals surface area contributed by atoms with Gasteiger partial charge in [-0.2, -0.15) is 5.26 Å². The monoisotopic (exact) mass is 488 g/mol. The molecule has 0 spiro atoms. The molecular formula is C25H27F3N4O3. The Kier molecular flexibility index (Phi) is 7.17.